The van der Waals surface area contributed by atoms with Crippen LogP contribution in [0, 0.1) is 11.8 Å². The summed E-state index contributed by atoms with van der Waals surface area (Å²) in [5.74, 6) is 2.04. The highest BCUT2D eigenvalue weighted by Crippen LogP contribution is 2.56. The van der Waals surface area contributed by atoms with Gasteiger partial charge in [0, 0.05) is 29.0 Å². The Labute approximate surface area is 174 Å². The molecule has 0 amide bonds. The average molecular weight is 392 g/mol. The van der Waals surface area contributed by atoms with Crippen molar-refractivity contribution in [1.82, 2.24) is 14.9 Å². The van der Waals surface area contributed by atoms with Crippen molar-refractivity contribution in [3.8, 4) is 0 Å². The Hall–Kier alpha value is -2.36. The molecule has 0 spiro atoms. The van der Waals surface area contributed by atoms with Crippen molar-refractivity contribution < 1.29 is 4.52 Å². The van der Waals surface area contributed by atoms with Crippen LogP contribution in [0.5, 0.6) is 0 Å². The molecule has 2 aromatic rings. The van der Waals surface area contributed by atoms with E-state index in [1.54, 1.807) is 0 Å². The lowest BCUT2D eigenvalue weighted by molar-refractivity contribution is 0.109. The van der Waals surface area contributed by atoms with Gasteiger partial charge in [-0.25, -0.2) is 0 Å². The fourth-order valence-electron chi connectivity index (χ4n) is 5.87. The molecule has 0 radical (unpaired) electrons. The SMILES string of the molecule is C=C/C=C(\C=C/C(C)C)c1c2c(nn1C)C1(C)Cc3cnoc3C(C)(C)C1CC2. The molecule has 4 heteroatoms. The predicted molar refractivity (Wildman–Crippen MR) is 118 cm³/mol. The Kier molecular flexibility index (Phi) is 4.71. The minimum absolute atomic E-state index is 0.0211. The second kappa shape index (κ2) is 6.86. The van der Waals surface area contributed by atoms with Crippen LogP contribution in [0.3, 0.4) is 0 Å². The Balaban J connectivity index is 1.87. The van der Waals surface area contributed by atoms with Crippen molar-refractivity contribution in [2.45, 2.75) is 64.7 Å². The van der Waals surface area contributed by atoms with Crippen LogP contribution in [0.4, 0.5) is 0 Å². The van der Waals surface area contributed by atoms with Gasteiger partial charge in [0.2, 0.25) is 0 Å². The van der Waals surface area contributed by atoms with Gasteiger partial charge in [-0.2, -0.15) is 5.10 Å². The summed E-state index contributed by atoms with van der Waals surface area (Å²) in [5, 5.41) is 9.25. The normalized spacial score (nSPS) is 25.8. The van der Waals surface area contributed by atoms with E-state index in [-0.39, 0.29) is 10.8 Å². The molecular weight excluding hydrogens is 358 g/mol. The average Bonchev–Trinajstić information content (AvgIpc) is 3.23. The van der Waals surface area contributed by atoms with Gasteiger partial charge in [0.25, 0.3) is 0 Å². The fraction of sp³-hybridized carbons (Fsp3) is 0.520. The summed E-state index contributed by atoms with van der Waals surface area (Å²) in [6, 6.07) is 0. The van der Waals surface area contributed by atoms with E-state index in [0.717, 1.165) is 25.0 Å². The molecule has 2 atom stereocenters. The predicted octanol–water partition coefficient (Wildman–Crippen LogP) is 5.54. The maximum absolute atomic E-state index is 5.70. The summed E-state index contributed by atoms with van der Waals surface area (Å²) < 4.78 is 7.78. The quantitative estimate of drug-likeness (QED) is 0.642. The Bertz CT molecular complexity index is 1000. The van der Waals surface area contributed by atoms with Crippen LogP contribution in [0.2, 0.25) is 0 Å². The minimum atomic E-state index is -0.0501. The molecule has 0 aromatic carbocycles. The number of aromatic nitrogens is 3. The smallest absolute Gasteiger partial charge is 0.145 e. The van der Waals surface area contributed by atoms with E-state index >= 15 is 0 Å². The summed E-state index contributed by atoms with van der Waals surface area (Å²) in [4.78, 5) is 0. The van der Waals surface area contributed by atoms with E-state index in [0.29, 0.717) is 11.8 Å². The van der Waals surface area contributed by atoms with Crippen LogP contribution < -0.4 is 0 Å². The summed E-state index contributed by atoms with van der Waals surface area (Å²) in [7, 11) is 2.07. The van der Waals surface area contributed by atoms with Gasteiger partial charge in [0.05, 0.1) is 17.6 Å². The van der Waals surface area contributed by atoms with Crippen molar-refractivity contribution in [2.24, 2.45) is 18.9 Å². The van der Waals surface area contributed by atoms with Gasteiger partial charge in [0.1, 0.15) is 5.76 Å². The van der Waals surface area contributed by atoms with Crippen molar-refractivity contribution >= 4 is 5.57 Å². The number of hydrogen-bond acceptors (Lipinski definition) is 3. The standard InChI is InChI=1S/C25H33N3O/c1-8-9-17(11-10-16(2)3)21-19-12-13-20-24(4,5)23-18(15-26-29-23)14-25(20,6)22(19)27-28(21)7/h8-11,15-16,20H,1,12-14H2,2-7H3/b11-10-,17-9+. The molecule has 0 N–H and O–H groups in total. The van der Waals surface area contributed by atoms with Crippen molar-refractivity contribution in [3.63, 3.8) is 0 Å². The van der Waals surface area contributed by atoms with Gasteiger partial charge in [0.15, 0.2) is 0 Å². The highest BCUT2D eigenvalue weighted by atomic mass is 16.5. The maximum atomic E-state index is 5.70. The molecule has 2 unspecified atom stereocenters. The Morgan fingerprint density at radius 3 is 2.79 bits per heavy atom. The zero-order valence-electron chi connectivity index (χ0n) is 18.6. The number of fused-ring (bicyclic) bond motifs is 4. The van der Waals surface area contributed by atoms with Crippen LogP contribution in [-0.4, -0.2) is 14.9 Å². The van der Waals surface area contributed by atoms with Gasteiger partial charge in [-0.3, -0.25) is 4.68 Å². The first-order valence-corrected chi connectivity index (χ1v) is 10.7. The summed E-state index contributed by atoms with van der Waals surface area (Å²) in [5.41, 5.74) is 6.22. The molecule has 2 aromatic heterocycles. The third-order valence-electron chi connectivity index (χ3n) is 7.03. The number of rotatable bonds is 4. The highest BCUT2D eigenvalue weighted by molar-refractivity contribution is 5.76. The second-order valence-corrected chi connectivity index (χ2v) is 9.85. The van der Waals surface area contributed by atoms with Crippen LogP contribution in [0.25, 0.3) is 5.57 Å². The number of hydrogen-bond donors (Lipinski definition) is 0. The molecule has 0 aliphatic heterocycles. The molecule has 0 saturated carbocycles. The van der Waals surface area contributed by atoms with Crippen molar-refractivity contribution in [3.05, 3.63) is 65.4 Å². The van der Waals surface area contributed by atoms with E-state index in [2.05, 4.69) is 76.3 Å². The third kappa shape index (κ3) is 2.95. The van der Waals surface area contributed by atoms with Crippen LogP contribution in [0.15, 0.2) is 41.6 Å². The van der Waals surface area contributed by atoms with Gasteiger partial charge in [-0.1, -0.05) is 70.7 Å². The van der Waals surface area contributed by atoms with Gasteiger partial charge in [-0.15, -0.1) is 0 Å². The van der Waals surface area contributed by atoms with Gasteiger partial charge in [-0.05, 0) is 36.7 Å². The largest absolute Gasteiger partial charge is 0.361 e. The molecule has 0 saturated heterocycles. The zero-order valence-corrected chi connectivity index (χ0v) is 18.6. The van der Waals surface area contributed by atoms with Crippen LogP contribution in [0.1, 0.15) is 69.3 Å². The first-order chi connectivity index (χ1) is 13.7. The lowest BCUT2D eigenvalue weighted by Gasteiger charge is -2.51. The van der Waals surface area contributed by atoms with Gasteiger partial charge >= 0.3 is 0 Å². The molecule has 0 fully saturated rings. The Morgan fingerprint density at radius 2 is 2.10 bits per heavy atom. The topological polar surface area (TPSA) is 43.9 Å². The van der Waals surface area contributed by atoms with Crippen LogP contribution in [-0.2, 0) is 30.7 Å². The monoisotopic (exact) mass is 391 g/mol. The molecule has 4 nitrogen and oxygen atoms in total. The van der Waals surface area contributed by atoms with Crippen molar-refractivity contribution in [2.75, 3.05) is 0 Å². The number of allylic oxidation sites excluding steroid dienone is 5. The molecule has 0 bridgehead atoms. The lowest BCUT2D eigenvalue weighted by atomic mass is 9.51. The third-order valence-corrected chi connectivity index (χ3v) is 7.03. The van der Waals surface area contributed by atoms with Crippen LogP contribution >= 0.6 is 0 Å². The minimum Gasteiger partial charge on any atom is -0.361 e. The van der Waals surface area contributed by atoms with E-state index in [1.165, 1.54) is 28.1 Å². The molecule has 29 heavy (non-hydrogen) atoms. The molecule has 2 aliphatic carbocycles. The lowest BCUT2D eigenvalue weighted by Crippen LogP contribution is -2.51. The van der Waals surface area contributed by atoms with Crippen molar-refractivity contribution in [1.29, 1.82) is 0 Å². The van der Waals surface area contributed by atoms with E-state index in [9.17, 15) is 0 Å². The summed E-state index contributed by atoms with van der Waals surface area (Å²) in [6.45, 7) is 15.4. The molecule has 154 valence electrons. The van der Waals surface area contributed by atoms with E-state index < -0.39 is 0 Å². The highest BCUT2D eigenvalue weighted by Gasteiger charge is 2.55. The Morgan fingerprint density at radius 1 is 1.34 bits per heavy atom. The summed E-state index contributed by atoms with van der Waals surface area (Å²) in [6.07, 6.45) is 13.5. The molecule has 4 rings (SSSR count). The second-order valence-electron chi connectivity index (χ2n) is 9.85. The zero-order chi connectivity index (χ0) is 21.0. The van der Waals surface area contributed by atoms with E-state index in [4.69, 9.17) is 9.62 Å². The number of aryl methyl sites for hydroxylation is 1. The molecular formula is C25H33N3O. The summed E-state index contributed by atoms with van der Waals surface area (Å²) >= 11 is 0. The maximum Gasteiger partial charge on any atom is 0.145 e. The van der Waals surface area contributed by atoms with E-state index in [1.807, 2.05) is 12.3 Å². The fourth-order valence-corrected chi connectivity index (χ4v) is 5.87. The first-order valence-electron chi connectivity index (χ1n) is 10.7. The molecule has 2 heterocycles. The first kappa shape index (κ1) is 19.9. The van der Waals surface area contributed by atoms with Gasteiger partial charge < -0.3 is 4.52 Å². The number of nitrogens with zero attached hydrogens (tertiary/aromatic N) is 3. The molecule has 2 aliphatic rings.